The summed E-state index contributed by atoms with van der Waals surface area (Å²) < 4.78 is 6.25. The minimum atomic E-state index is -0.0570. The summed E-state index contributed by atoms with van der Waals surface area (Å²) in [6, 6.07) is -0.0969. The van der Waals surface area contributed by atoms with Gasteiger partial charge >= 0.3 is 6.03 Å². The fourth-order valence-corrected chi connectivity index (χ4v) is 3.01. The van der Waals surface area contributed by atoms with Crippen LogP contribution in [0.15, 0.2) is 15.1 Å². The Kier molecular flexibility index (Phi) is 4.86. The van der Waals surface area contributed by atoms with Crippen molar-refractivity contribution < 1.29 is 9.32 Å². The highest BCUT2D eigenvalue weighted by Crippen LogP contribution is 2.24. The van der Waals surface area contributed by atoms with Gasteiger partial charge in [0.1, 0.15) is 5.76 Å². The summed E-state index contributed by atoms with van der Waals surface area (Å²) in [5.41, 5.74) is 1.84. The van der Waals surface area contributed by atoms with E-state index >= 15 is 0 Å². The molecule has 0 fully saturated rings. The van der Waals surface area contributed by atoms with Crippen molar-refractivity contribution in [2.45, 2.75) is 39.7 Å². The average molecular weight is 342 g/mol. The Morgan fingerprint density at radius 1 is 1.60 bits per heavy atom. The maximum absolute atomic E-state index is 12.3. The van der Waals surface area contributed by atoms with Crippen LogP contribution in [0.1, 0.15) is 42.8 Å². The van der Waals surface area contributed by atoms with Crippen LogP contribution in [0.4, 0.5) is 4.79 Å². The van der Waals surface area contributed by atoms with E-state index in [9.17, 15) is 4.79 Å². The molecule has 2 rings (SSSR count). The van der Waals surface area contributed by atoms with E-state index < -0.39 is 0 Å². The molecule has 1 atom stereocenters. The molecule has 1 N–H and O–H groups in total. The van der Waals surface area contributed by atoms with Crippen molar-refractivity contribution in [3.05, 3.63) is 27.6 Å². The molecule has 110 valence electrons. The van der Waals surface area contributed by atoms with Gasteiger partial charge in [-0.2, -0.15) is 0 Å². The fraction of sp³-hybridized carbons (Fsp3) is 0.571. The van der Waals surface area contributed by atoms with Crippen molar-refractivity contribution in [2.24, 2.45) is 0 Å². The second-order valence-corrected chi connectivity index (χ2v) is 6.03. The van der Waals surface area contributed by atoms with Gasteiger partial charge in [-0.3, -0.25) is 0 Å². The molecule has 1 aromatic rings. The number of nitrogens with one attached hydrogen (secondary N) is 1. The molecule has 20 heavy (non-hydrogen) atoms. The van der Waals surface area contributed by atoms with Crippen LogP contribution >= 0.6 is 15.9 Å². The van der Waals surface area contributed by atoms with Crippen molar-refractivity contribution in [3.8, 4) is 0 Å². The fourth-order valence-electron chi connectivity index (χ4n) is 2.48. The molecule has 1 aliphatic heterocycles. The Balaban J connectivity index is 2.07. The number of aryl methyl sites for hydroxylation is 2. The largest absolute Gasteiger partial charge is 0.361 e. The van der Waals surface area contributed by atoms with Crippen LogP contribution in [-0.2, 0) is 0 Å². The number of hydrogen-bond donors (Lipinski definition) is 1. The van der Waals surface area contributed by atoms with Gasteiger partial charge in [0.25, 0.3) is 0 Å². The summed E-state index contributed by atoms with van der Waals surface area (Å²) in [4.78, 5) is 14.2. The van der Waals surface area contributed by atoms with Crippen LogP contribution < -0.4 is 5.32 Å². The van der Waals surface area contributed by atoms with E-state index in [1.165, 1.54) is 0 Å². The van der Waals surface area contributed by atoms with E-state index in [1.54, 1.807) is 0 Å². The Morgan fingerprint density at radius 2 is 2.35 bits per heavy atom. The van der Waals surface area contributed by atoms with E-state index in [4.69, 9.17) is 4.52 Å². The molecule has 0 saturated carbocycles. The standard InChI is InChI=1S/C14H20BrN3O2/c1-4-12(13-9(2)17-20-10(13)3)16-14(19)18-7-5-6-11(15)8-18/h6,12H,4-5,7-8H2,1-3H3,(H,16,19)/t12-/m1/s1. The number of hydrogen-bond acceptors (Lipinski definition) is 3. The normalized spacial score (nSPS) is 16.8. The van der Waals surface area contributed by atoms with E-state index in [2.05, 4.69) is 32.5 Å². The number of halogens is 1. The molecule has 1 aromatic heterocycles. The number of rotatable bonds is 3. The molecule has 0 aliphatic carbocycles. The van der Waals surface area contributed by atoms with Crippen LogP contribution in [0, 0.1) is 13.8 Å². The van der Waals surface area contributed by atoms with Crippen molar-refractivity contribution in [3.63, 3.8) is 0 Å². The van der Waals surface area contributed by atoms with Gasteiger partial charge in [-0.1, -0.05) is 34.1 Å². The number of carbonyl (C=O) groups excluding carboxylic acids is 1. The first-order valence-electron chi connectivity index (χ1n) is 6.85. The summed E-state index contributed by atoms with van der Waals surface area (Å²) in [5, 5.41) is 7.04. The molecule has 0 bridgehead atoms. The van der Waals surface area contributed by atoms with Crippen LogP contribution in [0.3, 0.4) is 0 Å². The zero-order valence-electron chi connectivity index (χ0n) is 12.1. The molecular weight excluding hydrogens is 322 g/mol. The maximum Gasteiger partial charge on any atom is 0.318 e. The molecule has 1 aliphatic rings. The lowest BCUT2D eigenvalue weighted by atomic mass is 10.0. The van der Waals surface area contributed by atoms with Gasteiger partial charge in [-0.25, -0.2) is 4.79 Å². The number of aromatic nitrogens is 1. The van der Waals surface area contributed by atoms with Crippen LogP contribution in [0.25, 0.3) is 0 Å². The molecule has 0 saturated heterocycles. The molecule has 2 heterocycles. The zero-order chi connectivity index (χ0) is 14.7. The van der Waals surface area contributed by atoms with E-state index in [1.807, 2.05) is 25.7 Å². The molecule has 6 heteroatoms. The third-order valence-electron chi connectivity index (χ3n) is 3.54. The molecule has 0 spiro atoms. The van der Waals surface area contributed by atoms with Crippen molar-refractivity contribution >= 4 is 22.0 Å². The maximum atomic E-state index is 12.3. The van der Waals surface area contributed by atoms with Crippen LogP contribution in [0.2, 0.25) is 0 Å². The zero-order valence-corrected chi connectivity index (χ0v) is 13.7. The third kappa shape index (κ3) is 3.23. The highest BCUT2D eigenvalue weighted by Gasteiger charge is 2.24. The molecule has 5 nitrogen and oxygen atoms in total. The minimum absolute atomic E-state index is 0.0399. The summed E-state index contributed by atoms with van der Waals surface area (Å²) in [5.74, 6) is 0.773. The quantitative estimate of drug-likeness (QED) is 0.915. The second kappa shape index (κ2) is 6.43. The minimum Gasteiger partial charge on any atom is -0.361 e. The Labute approximate surface area is 127 Å². The Hall–Kier alpha value is -1.30. The molecule has 0 unspecified atom stereocenters. The number of nitrogens with zero attached hydrogens (tertiary/aromatic N) is 2. The van der Waals surface area contributed by atoms with E-state index in [0.717, 1.165) is 40.9 Å². The summed E-state index contributed by atoms with van der Waals surface area (Å²) in [6.07, 6.45) is 3.80. The van der Waals surface area contributed by atoms with Gasteiger partial charge in [0.15, 0.2) is 0 Å². The molecule has 0 aromatic carbocycles. The topological polar surface area (TPSA) is 58.4 Å². The smallest absolute Gasteiger partial charge is 0.318 e. The van der Waals surface area contributed by atoms with Crippen LogP contribution in [0.5, 0.6) is 0 Å². The lowest BCUT2D eigenvalue weighted by Gasteiger charge is -2.28. The monoisotopic (exact) mass is 341 g/mol. The third-order valence-corrected chi connectivity index (χ3v) is 4.11. The number of urea groups is 1. The number of carbonyl (C=O) groups is 1. The van der Waals surface area contributed by atoms with Crippen molar-refractivity contribution in [2.75, 3.05) is 13.1 Å². The van der Waals surface area contributed by atoms with Crippen molar-refractivity contribution in [1.29, 1.82) is 0 Å². The molecule has 0 radical (unpaired) electrons. The summed E-state index contributed by atoms with van der Waals surface area (Å²) in [6.45, 7) is 7.21. The Morgan fingerprint density at radius 3 is 2.90 bits per heavy atom. The van der Waals surface area contributed by atoms with Crippen LogP contribution in [-0.4, -0.2) is 29.2 Å². The lowest BCUT2D eigenvalue weighted by Crippen LogP contribution is -2.43. The Bertz CT molecular complexity index is 505. The first-order chi connectivity index (χ1) is 9.52. The predicted molar refractivity (Wildman–Crippen MR) is 80.7 cm³/mol. The van der Waals surface area contributed by atoms with Crippen molar-refractivity contribution in [1.82, 2.24) is 15.4 Å². The first kappa shape index (κ1) is 15.1. The second-order valence-electron chi connectivity index (χ2n) is 5.01. The lowest BCUT2D eigenvalue weighted by molar-refractivity contribution is 0.197. The van der Waals surface area contributed by atoms with Gasteiger partial charge in [-0.15, -0.1) is 0 Å². The highest BCUT2D eigenvalue weighted by atomic mass is 79.9. The highest BCUT2D eigenvalue weighted by molar-refractivity contribution is 9.11. The summed E-state index contributed by atoms with van der Waals surface area (Å²) in [7, 11) is 0. The van der Waals surface area contributed by atoms with Gasteiger partial charge < -0.3 is 14.7 Å². The van der Waals surface area contributed by atoms with Gasteiger partial charge in [0.05, 0.1) is 18.3 Å². The van der Waals surface area contributed by atoms with Gasteiger partial charge in [-0.05, 0) is 26.7 Å². The predicted octanol–water partition coefficient (Wildman–Crippen LogP) is 3.44. The van der Waals surface area contributed by atoms with E-state index in [0.29, 0.717) is 6.54 Å². The number of amides is 2. The SMILES string of the molecule is CC[C@@H](NC(=O)N1CCC=C(Br)C1)c1c(C)noc1C. The first-order valence-corrected chi connectivity index (χ1v) is 7.65. The van der Waals surface area contributed by atoms with E-state index in [-0.39, 0.29) is 12.1 Å². The molecular formula is C14H20BrN3O2. The van der Waals surface area contributed by atoms with Gasteiger partial charge in [0, 0.05) is 16.6 Å². The van der Waals surface area contributed by atoms with Gasteiger partial charge in [0.2, 0.25) is 0 Å². The summed E-state index contributed by atoms with van der Waals surface area (Å²) >= 11 is 3.46. The average Bonchev–Trinajstić information content (AvgIpc) is 2.75. The molecule has 2 amide bonds.